The van der Waals surface area contributed by atoms with Gasteiger partial charge in [-0.3, -0.25) is 9.97 Å². The van der Waals surface area contributed by atoms with Crippen molar-refractivity contribution in [2.24, 2.45) is 0 Å². The maximum atomic E-state index is 15.3. The summed E-state index contributed by atoms with van der Waals surface area (Å²) in [7, 11) is 0. The smallest absolute Gasteiger partial charge is 0.321 e. The molecule has 25 heavy (non-hydrogen) atoms. The Bertz CT molecular complexity index is 852. The van der Waals surface area contributed by atoms with Crippen LogP contribution in [0.2, 0.25) is 0 Å². The summed E-state index contributed by atoms with van der Waals surface area (Å²) in [5, 5.41) is 0. The fourth-order valence-electron chi connectivity index (χ4n) is 3.30. The molecule has 1 aliphatic carbocycles. The Morgan fingerprint density at radius 2 is 1.76 bits per heavy atom. The number of benzene rings is 1. The van der Waals surface area contributed by atoms with Gasteiger partial charge in [0.25, 0.3) is 0 Å². The molecule has 0 atom stereocenters. The van der Waals surface area contributed by atoms with E-state index in [1.165, 1.54) is 6.20 Å². The first-order valence-corrected chi connectivity index (χ1v) is 8.36. The summed E-state index contributed by atoms with van der Waals surface area (Å²) in [5.41, 5.74) is 1.70. The van der Waals surface area contributed by atoms with Crippen LogP contribution in [0.3, 0.4) is 0 Å². The van der Waals surface area contributed by atoms with Gasteiger partial charge in [-0.15, -0.1) is 0 Å². The summed E-state index contributed by atoms with van der Waals surface area (Å²) in [4.78, 5) is 16.3. The lowest BCUT2D eigenvalue weighted by Gasteiger charge is -2.17. The Kier molecular flexibility index (Phi) is 4.33. The van der Waals surface area contributed by atoms with Gasteiger partial charge in [-0.1, -0.05) is 18.9 Å². The molecule has 1 fully saturated rings. The van der Waals surface area contributed by atoms with Crippen LogP contribution in [-0.2, 0) is 0 Å². The fraction of sp³-hybridized carbons (Fsp3) is 0.263. The molecule has 2 aromatic heterocycles. The van der Waals surface area contributed by atoms with Gasteiger partial charge in [0, 0.05) is 35.9 Å². The molecular formula is C19H17FN4O. The molecule has 1 aromatic carbocycles. The molecule has 1 aliphatic rings. The van der Waals surface area contributed by atoms with Crippen LogP contribution in [0.5, 0.6) is 11.8 Å². The van der Waals surface area contributed by atoms with Crippen LogP contribution in [0.4, 0.5) is 4.39 Å². The number of ether oxygens (including phenoxy) is 1. The molecule has 0 N–H and O–H groups in total. The van der Waals surface area contributed by atoms with Gasteiger partial charge in [0.1, 0.15) is 0 Å². The van der Waals surface area contributed by atoms with E-state index >= 15 is 4.39 Å². The third-order valence-electron chi connectivity index (χ3n) is 4.50. The van der Waals surface area contributed by atoms with Gasteiger partial charge in [-0.05, 0) is 30.9 Å². The van der Waals surface area contributed by atoms with E-state index in [1.54, 1.807) is 36.9 Å². The summed E-state index contributed by atoms with van der Waals surface area (Å²) < 4.78 is 21.1. The van der Waals surface area contributed by atoms with E-state index in [0.717, 1.165) is 31.2 Å². The molecule has 0 saturated heterocycles. The average Bonchev–Trinajstić information content (AvgIpc) is 3.19. The van der Waals surface area contributed by atoms with Crippen LogP contribution in [0.15, 0.2) is 49.2 Å². The highest BCUT2D eigenvalue weighted by molar-refractivity contribution is 5.63. The van der Waals surface area contributed by atoms with Crippen LogP contribution < -0.4 is 4.74 Å². The minimum atomic E-state index is -0.447. The molecule has 1 saturated carbocycles. The maximum Gasteiger partial charge on any atom is 0.321 e. The van der Waals surface area contributed by atoms with E-state index in [1.807, 2.05) is 6.07 Å². The van der Waals surface area contributed by atoms with Crippen LogP contribution in [-0.4, -0.2) is 19.9 Å². The van der Waals surface area contributed by atoms with Crippen molar-refractivity contribution < 1.29 is 9.13 Å². The lowest BCUT2D eigenvalue weighted by molar-refractivity contribution is 0.402. The molecular weight excluding hydrogens is 319 g/mol. The van der Waals surface area contributed by atoms with Crippen LogP contribution in [0.1, 0.15) is 37.2 Å². The molecule has 0 unspecified atom stereocenters. The second-order valence-corrected chi connectivity index (χ2v) is 6.05. The molecule has 0 spiro atoms. The zero-order chi connectivity index (χ0) is 17.1. The van der Waals surface area contributed by atoms with E-state index in [9.17, 15) is 0 Å². The molecule has 5 nitrogen and oxygen atoms in total. The predicted molar refractivity (Wildman–Crippen MR) is 90.7 cm³/mol. The van der Waals surface area contributed by atoms with Crippen LogP contribution >= 0.6 is 0 Å². The minimum absolute atomic E-state index is 0.136. The van der Waals surface area contributed by atoms with Gasteiger partial charge in [0.15, 0.2) is 11.6 Å². The van der Waals surface area contributed by atoms with Gasteiger partial charge in [-0.2, -0.15) is 0 Å². The largest absolute Gasteiger partial charge is 0.421 e. The number of hydrogen-bond donors (Lipinski definition) is 0. The number of aromatic nitrogens is 4. The summed E-state index contributed by atoms with van der Waals surface area (Å²) in [6, 6.07) is 5.52. The van der Waals surface area contributed by atoms with E-state index in [-0.39, 0.29) is 11.8 Å². The Balaban J connectivity index is 1.81. The van der Waals surface area contributed by atoms with Crippen molar-refractivity contribution in [3.05, 3.63) is 60.6 Å². The fourth-order valence-corrected chi connectivity index (χ4v) is 3.30. The SMILES string of the molecule is Fc1c(-c2cnccn2)ccc(C2CCCC2)c1Oc1ncccn1. The van der Waals surface area contributed by atoms with Gasteiger partial charge in [-0.25, -0.2) is 14.4 Å². The average molecular weight is 336 g/mol. The molecule has 126 valence electrons. The van der Waals surface area contributed by atoms with Crippen molar-refractivity contribution in [2.75, 3.05) is 0 Å². The highest BCUT2D eigenvalue weighted by Gasteiger charge is 2.26. The van der Waals surface area contributed by atoms with E-state index in [4.69, 9.17) is 4.74 Å². The first-order chi connectivity index (χ1) is 12.3. The van der Waals surface area contributed by atoms with Crippen LogP contribution in [0.25, 0.3) is 11.3 Å². The normalized spacial score (nSPS) is 14.6. The van der Waals surface area contributed by atoms with Crippen molar-refractivity contribution in [1.29, 1.82) is 0 Å². The zero-order valence-corrected chi connectivity index (χ0v) is 13.6. The van der Waals surface area contributed by atoms with Gasteiger partial charge in [0.05, 0.1) is 11.9 Å². The molecule has 2 heterocycles. The second kappa shape index (κ2) is 6.93. The molecule has 6 heteroatoms. The van der Waals surface area contributed by atoms with Crippen molar-refractivity contribution in [3.63, 3.8) is 0 Å². The summed E-state index contributed by atoms with van der Waals surface area (Å²) >= 11 is 0. The zero-order valence-electron chi connectivity index (χ0n) is 13.6. The first kappa shape index (κ1) is 15.6. The molecule has 0 radical (unpaired) electrons. The van der Waals surface area contributed by atoms with Gasteiger partial charge < -0.3 is 4.74 Å². The van der Waals surface area contributed by atoms with E-state index in [0.29, 0.717) is 17.2 Å². The number of rotatable bonds is 4. The van der Waals surface area contributed by atoms with Gasteiger partial charge in [0.2, 0.25) is 0 Å². The maximum absolute atomic E-state index is 15.3. The Labute approximate surface area is 145 Å². The Morgan fingerprint density at radius 3 is 2.48 bits per heavy atom. The van der Waals surface area contributed by atoms with Crippen molar-refractivity contribution in [3.8, 4) is 23.0 Å². The summed E-state index contributed by atoms with van der Waals surface area (Å²) in [6.45, 7) is 0. The lowest BCUT2D eigenvalue weighted by atomic mass is 9.94. The van der Waals surface area contributed by atoms with Crippen molar-refractivity contribution >= 4 is 0 Å². The monoisotopic (exact) mass is 336 g/mol. The van der Waals surface area contributed by atoms with Crippen molar-refractivity contribution in [2.45, 2.75) is 31.6 Å². The van der Waals surface area contributed by atoms with Crippen LogP contribution in [0, 0.1) is 5.82 Å². The molecule has 0 bridgehead atoms. The second-order valence-electron chi connectivity index (χ2n) is 6.05. The number of hydrogen-bond acceptors (Lipinski definition) is 5. The third-order valence-corrected chi connectivity index (χ3v) is 4.50. The predicted octanol–water partition coefficient (Wildman–Crippen LogP) is 4.52. The first-order valence-electron chi connectivity index (χ1n) is 8.36. The minimum Gasteiger partial charge on any atom is -0.421 e. The molecule has 4 rings (SSSR count). The summed E-state index contributed by atoms with van der Waals surface area (Å²) in [5.74, 6) is 0.0442. The van der Waals surface area contributed by atoms with Gasteiger partial charge >= 0.3 is 6.01 Å². The Morgan fingerprint density at radius 1 is 0.960 bits per heavy atom. The summed E-state index contributed by atoms with van der Waals surface area (Å²) in [6.07, 6.45) is 12.2. The highest BCUT2D eigenvalue weighted by atomic mass is 19.1. The van der Waals surface area contributed by atoms with E-state index in [2.05, 4.69) is 19.9 Å². The van der Waals surface area contributed by atoms with E-state index < -0.39 is 5.82 Å². The lowest BCUT2D eigenvalue weighted by Crippen LogP contribution is -2.03. The molecule has 0 amide bonds. The highest BCUT2D eigenvalue weighted by Crippen LogP contribution is 2.43. The number of nitrogens with zero attached hydrogens (tertiary/aromatic N) is 4. The quantitative estimate of drug-likeness (QED) is 0.701. The standard InChI is InChI=1S/C19H17FN4O/c20-17-15(16-12-21-10-11-22-16)7-6-14(13-4-1-2-5-13)18(17)25-19-23-8-3-9-24-19/h3,6-13H,1-2,4-5H2. The Hall–Kier alpha value is -2.89. The third kappa shape index (κ3) is 3.20. The van der Waals surface area contributed by atoms with Crippen molar-refractivity contribution in [1.82, 2.24) is 19.9 Å². The topological polar surface area (TPSA) is 60.8 Å². The number of halogens is 1. The molecule has 3 aromatic rings. The molecule has 0 aliphatic heterocycles.